The lowest BCUT2D eigenvalue weighted by Gasteiger charge is -2.36. The van der Waals surface area contributed by atoms with Crippen molar-refractivity contribution in [1.29, 1.82) is 0 Å². The van der Waals surface area contributed by atoms with Gasteiger partial charge in [0.2, 0.25) is 5.95 Å². The van der Waals surface area contributed by atoms with Gasteiger partial charge in [-0.15, -0.1) is 0 Å². The molecule has 0 aliphatic carbocycles. The van der Waals surface area contributed by atoms with E-state index in [0.29, 0.717) is 37.9 Å². The Kier molecular flexibility index (Phi) is 6.59. The van der Waals surface area contributed by atoms with E-state index in [1.54, 1.807) is 19.4 Å². The molecule has 0 bridgehead atoms. The highest BCUT2D eigenvalue weighted by Crippen LogP contribution is 2.18. The average molecular weight is 369 g/mol. The first kappa shape index (κ1) is 19.1. The van der Waals surface area contributed by atoms with E-state index in [9.17, 15) is 4.79 Å². The highest BCUT2D eigenvalue weighted by Gasteiger charge is 2.23. The molecule has 7 heteroatoms. The third-order valence-electron chi connectivity index (χ3n) is 4.62. The van der Waals surface area contributed by atoms with E-state index in [1.807, 2.05) is 4.90 Å². The Morgan fingerprint density at radius 2 is 2.04 bits per heavy atom. The second-order valence-electron chi connectivity index (χ2n) is 6.66. The van der Waals surface area contributed by atoms with Crippen molar-refractivity contribution in [2.45, 2.75) is 13.3 Å². The van der Waals surface area contributed by atoms with Crippen LogP contribution in [-0.2, 0) is 4.74 Å². The lowest BCUT2D eigenvalue weighted by molar-refractivity contribution is 0.0741. The summed E-state index contributed by atoms with van der Waals surface area (Å²) in [5.41, 5.74) is 2.90. The zero-order valence-electron chi connectivity index (χ0n) is 16.0. The van der Waals surface area contributed by atoms with Crippen molar-refractivity contribution < 1.29 is 9.53 Å². The molecule has 1 aromatic carbocycles. The number of nitrogens with one attached hydrogen (secondary N) is 1. The van der Waals surface area contributed by atoms with Crippen LogP contribution < -0.4 is 10.2 Å². The smallest absolute Gasteiger partial charge is 0.272 e. The summed E-state index contributed by atoms with van der Waals surface area (Å²) in [6.07, 6.45) is 2.49. The van der Waals surface area contributed by atoms with Crippen molar-refractivity contribution in [1.82, 2.24) is 14.9 Å². The third-order valence-corrected chi connectivity index (χ3v) is 4.62. The van der Waals surface area contributed by atoms with Crippen LogP contribution in [0.25, 0.3) is 0 Å². The van der Waals surface area contributed by atoms with Crippen LogP contribution in [0.2, 0.25) is 0 Å². The predicted octanol–water partition coefficient (Wildman–Crippen LogP) is 2.20. The molecule has 2 aromatic rings. The molecule has 0 unspecified atom stereocenters. The van der Waals surface area contributed by atoms with Crippen LogP contribution in [0.5, 0.6) is 0 Å². The van der Waals surface area contributed by atoms with Gasteiger partial charge in [-0.2, -0.15) is 0 Å². The molecule has 1 N–H and O–H groups in total. The van der Waals surface area contributed by atoms with E-state index in [2.05, 4.69) is 51.4 Å². The van der Waals surface area contributed by atoms with Crippen molar-refractivity contribution >= 4 is 17.5 Å². The van der Waals surface area contributed by atoms with Crippen molar-refractivity contribution in [2.75, 3.05) is 56.7 Å². The number of nitrogens with zero attached hydrogens (tertiary/aromatic N) is 4. The van der Waals surface area contributed by atoms with Crippen LogP contribution in [0, 0.1) is 6.92 Å². The number of benzene rings is 1. The van der Waals surface area contributed by atoms with E-state index in [4.69, 9.17) is 4.74 Å². The number of rotatable bonds is 7. The van der Waals surface area contributed by atoms with Crippen LogP contribution in [-0.4, -0.2) is 67.2 Å². The normalized spacial score (nSPS) is 14.3. The monoisotopic (exact) mass is 369 g/mol. The lowest BCUT2D eigenvalue weighted by Crippen LogP contribution is -2.49. The van der Waals surface area contributed by atoms with E-state index in [-0.39, 0.29) is 5.91 Å². The van der Waals surface area contributed by atoms with Gasteiger partial charge in [-0.05, 0) is 37.1 Å². The first-order valence-electron chi connectivity index (χ1n) is 9.34. The van der Waals surface area contributed by atoms with Crippen LogP contribution in [0.3, 0.4) is 0 Å². The van der Waals surface area contributed by atoms with Crippen LogP contribution >= 0.6 is 0 Å². The van der Waals surface area contributed by atoms with Gasteiger partial charge in [-0.25, -0.2) is 9.97 Å². The Balaban J connectivity index is 1.56. The number of ether oxygens (including phenoxy) is 1. The number of piperazine rings is 1. The van der Waals surface area contributed by atoms with Gasteiger partial charge in [-0.1, -0.05) is 12.1 Å². The number of carbonyl (C=O) groups is 1. The minimum atomic E-state index is -0.0405. The van der Waals surface area contributed by atoms with Crippen LogP contribution in [0.1, 0.15) is 22.5 Å². The van der Waals surface area contributed by atoms with Gasteiger partial charge in [0.05, 0.1) is 0 Å². The number of methoxy groups -OCH3 is 1. The van der Waals surface area contributed by atoms with Crippen molar-refractivity contribution in [3.63, 3.8) is 0 Å². The molecule has 1 saturated heterocycles. The molecule has 144 valence electrons. The molecule has 0 atom stereocenters. The molecule has 3 rings (SSSR count). The van der Waals surface area contributed by atoms with Crippen LogP contribution in [0.15, 0.2) is 36.5 Å². The van der Waals surface area contributed by atoms with Gasteiger partial charge >= 0.3 is 0 Å². The fraction of sp³-hybridized carbons (Fsp3) is 0.450. The Morgan fingerprint density at radius 3 is 2.78 bits per heavy atom. The molecule has 1 aromatic heterocycles. The fourth-order valence-electron chi connectivity index (χ4n) is 3.13. The second kappa shape index (κ2) is 9.32. The molecule has 7 nitrogen and oxygen atoms in total. The number of hydrogen-bond donors (Lipinski definition) is 1. The van der Waals surface area contributed by atoms with Crippen LogP contribution in [0.4, 0.5) is 11.6 Å². The average Bonchev–Trinajstić information content (AvgIpc) is 2.71. The second-order valence-corrected chi connectivity index (χ2v) is 6.66. The Bertz CT molecular complexity index is 760. The molecule has 1 aliphatic rings. The zero-order chi connectivity index (χ0) is 19.1. The van der Waals surface area contributed by atoms with Gasteiger partial charge < -0.3 is 19.9 Å². The summed E-state index contributed by atoms with van der Waals surface area (Å²) < 4.78 is 5.02. The maximum atomic E-state index is 12.8. The van der Waals surface area contributed by atoms with Gasteiger partial charge in [-0.3, -0.25) is 4.79 Å². The summed E-state index contributed by atoms with van der Waals surface area (Å²) in [5.74, 6) is 0.441. The number of amides is 1. The van der Waals surface area contributed by atoms with Crippen molar-refractivity contribution in [3.8, 4) is 0 Å². The molecule has 1 fully saturated rings. The quantitative estimate of drug-likeness (QED) is 0.755. The molecule has 1 amide bonds. The van der Waals surface area contributed by atoms with Gasteiger partial charge in [0.1, 0.15) is 5.69 Å². The van der Waals surface area contributed by atoms with Gasteiger partial charge in [0.15, 0.2) is 0 Å². The minimum absolute atomic E-state index is 0.0405. The summed E-state index contributed by atoms with van der Waals surface area (Å²) in [5, 5.41) is 3.13. The predicted molar refractivity (Wildman–Crippen MR) is 106 cm³/mol. The standard InChI is InChI=1S/C20H27N5O2/c1-16-5-3-6-17(15-16)24-10-12-25(13-11-24)19(26)18-7-9-22-20(23-18)21-8-4-14-27-2/h3,5-7,9,15H,4,8,10-14H2,1-2H3,(H,21,22,23). The Labute approximate surface area is 160 Å². The fourth-order valence-corrected chi connectivity index (χ4v) is 3.13. The SMILES string of the molecule is COCCCNc1nccc(C(=O)N2CCN(c3cccc(C)c3)CC2)n1. The lowest BCUT2D eigenvalue weighted by atomic mass is 10.2. The molecule has 0 saturated carbocycles. The molecule has 0 spiro atoms. The van der Waals surface area contributed by atoms with Gasteiger partial charge in [0, 0.05) is 58.3 Å². The highest BCUT2D eigenvalue weighted by atomic mass is 16.5. The maximum Gasteiger partial charge on any atom is 0.272 e. The zero-order valence-corrected chi connectivity index (χ0v) is 16.0. The Hall–Kier alpha value is -2.67. The van der Waals surface area contributed by atoms with Gasteiger partial charge in [0.25, 0.3) is 5.91 Å². The molecule has 1 aliphatic heterocycles. The molecular formula is C20H27N5O2. The molecule has 27 heavy (non-hydrogen) atoms. The number of hydrogen-bond acceptors (Lipinski definition) is 6. The summed E-state index contributed by atoms with van der Waals surface area (Å²) in [6.45, 7) is 6.50. The van der Waals surface area contributed by atoms with Crippen molar-refractivity contribution in [3.05, 3.63) is 47.8 Å². The van der Waals surface area contributed by atoms with E-state index < -0.39 is 0 Å². The van der Waals surface area contributed by atoms with Crippen molar-refractivity contribution in [2.24, 2.45) is 0 Å². The first-order chi connectivity index (χ1) is 13.2. The number of aromatic nitrogens is 2. The molecular weight excluding hydrogens is 342 g/mol. The largest absolute Gasteiger partial charge is 0.385 e. The topological polar surface area (TPSA) is 70.6 Å². The summed E-state index contributed by atoms with van der Waals surface area (Å²) in [4.78, 5) is 25.5. The summed E-state index contributed by atoms with van der Waals surface area (Å²) in [7, 11) is 1.68. The summed E-state index contributed by atoms with van der Waals surface area (Å²) in [6, 6.07) is 10.2. The minimum Gasteiger partial charge on any atom is -0.385 e. The number of aryl methyl sites for hydroxylation is 1. The van der Waals surface area contributed by atoms with E-state index >= 15 is 0 Å². The van der Waals surface area contributed by atoms with E-state index in [1.165, 1.54) is 11.3 Å². The maximum absolute atomic E-state index is 12.8. The summed E-state index contributed by atoms with van der Waals surface area (Å²) >= 11 is 0. The Morgan fingerprint density at radius 1 is 1.22 bits per heavy atom. The van der Waals surface area contributed by atoms with E-state index in [0.717, 1.165) is 19.5 Å². The first-order valence-corrected chi connectivity index (χ1v) is 9.34. The number of anilines is 2. The molecule has 2 heterocycles. The molecule has 0 radical (unpaired) electrons. The number of carbonyl (C=O) groups excluding carboxylic acids is 1. The highest BCUT2D eigenvalue weighted by molar-refractivity contribution is 5.92. The third kappa shape index (κ3) is 5.17.